The highest BCUT2D eigenvalue weighted by molar-refractivity contribution is 5.91. The third kappa shape index (κ3) is 8.08. The van der Waals surface area contributed by atoms with Crippen LogP contribution in [0.15, 0.2) is 54.7 Å². The van der Waals surface area contributed by atoms with Crippen molar-refractivity contribution in [1.82, 2.24) is 26.3 Å². The molecule has 2 aromatic carbocycles. The number of aromatic amines is 1. The van der Waals surface area contributed by atoms with Gasteiger partial charge in [-0.05, 0) is 55.5 Å². The number of fused-ring (bicyclic) bond motifs is 1. The highest BCUT2D eigenvalue weighted by Crippen LogP contribution is 2.23. The van der Waals surface area contributed by atoms with Gasteiger partial charge in [0.05, 0.1) is 6.54 Å². The van der Waals surface area contributed by atoms with Gasteiger partial charge >= 0.3 is 6.09 Å². The quantitative estimate of drug-likeness (QED) is 0.187. The molecule has 0 spiro atoms. The van der Waals surface area contributed by atoms with Crippen molar-refractivity contribution in [1.29, 1.82) is 0 Å². The lowest BCUT2D eigenvalue weighted by molar-refractivity contribution is -0.126. The first-order valence-corrected chi connectivity index (χ1v) is 12.7. The molecule has 0 aliphatic heterocycles. The highest BCUT2D eigenvalue weighted by Gasteiger charge is 2.35. The van der Waals surface area contributed by atoms with Gasteiger partial charge in [0.1, 0.15) is 5.54 Å². The predicted molar refractivity (Wildman–Crippen MR) is 145 cm³/mol. The monoisotopic (exact) mass is 507 g/mol. The van der Waals surface area contributed by atoms with E-state index >= 15 is 0 Å². The van der Waals surface area contributed by atoms with Crippen LogP contribution in [0.3, 0.4) is 0 Å². The topological polar surface area (TPSA) is 135 Å². The van der Waals surface area contributed by atoms with E-state index in [0.717, 1.165) is 40.6 Å². The molecular weight excluding hydrogens is 470 g/mol. The largest absolute Gasteiger partial charge is 0.465 e. The lowest BCUT2D eigenvalue weighted by Crippen LogP contribution is -2.58. The summed E-state index contributed by atoms with van der Waals surface area (Å²) in [7, 11) is 0. The van der Waals surface area contributed by atoms with Crippen molar-refractivity contribution < 1.29 is 19.5 Å². The molecule has 1 unspecified atom stereocenters. The molecule has 1 aromatic heterocycles. The Morgan fingerprint density at radius 3 is 2.22 bits per heavy atom. The van der Waals surface area contributed by atoms with Gasteiger partial charge in [0.15, 0.2) is 0 Å². The molecule has 0 fully saturated rings. The molecule has 6 N–H and O–H groups in total. The summed E-state index contributed by atoms with van der Waals surface area (Å²) < 4.78 is 0. The minimum Gasteiger partial charge on any atom is -0.465 e. The predicted octanol–water partition coefficient (Wildman–Crippen LogP) is 2.75. The number of carbonyl (C=O) groups is 3. The number of para-hydroxylation sites is 1. The molecule has 198 valence electrons. The van der Waals surface area contributed by atoms with Gasteiger partial charge in [0.25, 0.3) is 0 Å². The molecule has 1 heterocycles. The van der Waals surface area contributed by atoms with E-state index in [1.165, 1.54) is 0 Å². The number of carboxylic acid groups (broad SMARTS) is 1. The van der Waals surface area contributed by atoms with Crippen molar-refractivity contribution in [3.05, 3.63) is 71.4 Å². The first-order chi connectivity index (χ1) is 17.8. The molecule has 0 aliphatic rings. The third-order valence-electron chi connectivity index (χ3n) is 6.33. The average Bonchev–Trinajstić information content (AvgIpc) is 3.27. The smallest absolute Gasteiger partial charge is 0.405 e. The van der Waals surface area contributed by atoms with E-state index in [4.69, 9.17) is 0 Å². The van der Waals surface area contributed by atoms with E-state index in [1.54, 1.807) is 6.92 Å². The van der Waals surface area contributed by atoms with Crippen LogP contribution in [-0.2, 0) is 28.9 Å². The second-order valence-electron chi connectivity index (χ2n) is 9.35. The summed E-state index contributed by atoms with van der Waals surface area (Å²) in [5.41, 5.74) is 2.63. The Hall–Kier alpha value is -3.85. The van der Waals surface area contributed by atoms with Crippen molar-refractivity contribution in [2.24, 2.45) is 0 Å². The van der Waals surface area contributed by atoms with Crippen molar-refractivity contribution >= 4 is 28.8 Å². The molecule has 0 bridgehead atoms. The van der Waals surface area contributed by atoms with Crippen LogP contribution in [0.2, 0.25) is 0 Å². The Morgan fingerprint density at radius 2 is 1.54 bits per heavy atom. The SMILES string of the molecule is CCCNCC(=O)NCCc1ccccc1CCNC(=O)C(C)(Cc1c[nH]c2ccccc12)NC(=O)O. The normalized spacial score (nSPS) is 12.6. The van der Waals surface area contributed by atoms with Crippen molar-refractivity contribution in [2.75, 3.05) is 26.2 Å². The maximum absolute atomic E-state index is 13.2. The Kier molecular flexibility index (Phi) is 10.1. The maximum Gasteiger partial charge on any atom is 0.405 e. The van der Waals surface area contributed by atoms with Gasteiger partial charge in [-0.2, -0.15) is 0 Å². The van der Waals surface area contributed by atoms with Crippen LogP contribution in [0.1, 0.15) is 37.0 Å². The molecule has 1 atom stereocenters. The van der Waals surface area contributed by atoms with Crippen molar-refractivity contribution in [2.45, 2.75) is 45.1 Å². The number of hydrogen-bond donors (Lipinski definition) is 6. The summed E-state index contributed by atoms with van der Waals surface area (Å²) in [5.74, 6) is -0.414. The van der Waals surface area contributed by atoms with Crippen molar-refractivity contribution in [3.8, 4) is 0 Å². The number of H-pyrrole nitrogens is 1. The number of aromatic nitrogens is 1. The molecule has 0 saturated carbocycles. The molecule has 37 heavy (non-hydrogen) atoms. The second kappa shape index (κ2) is 13.5. The van der Waals surface area contributed by atoms with Crippen LogP contribution in [0.5, 0.6) is 0 Å². The highest BCUT2D eigenvalue weighted by atomic mass is 16.4. The van der Waals surface area contributed by atoms with Gasteiger partial charge in [-0.15, -0.1) is 0 Å². The van der Waals surface area contributed by atoms with Gasteiger partial charge < -0.3 is 31.4 Å². The molecule has 0 saturated heterocycles. The fraction of sp³-hybridized carbons (Fsp3) is 0.393. The zero-order valence-corrected chi connectivity index (χ0v) is 21.5. The summed E-state index contributed by atoms with van der Waals surface area (Å²) in [6.45, 7) is 5.66. The number of hydrogen-bond acceptors (Lipinski definition) is 4. The molecule has 3 amide bonds. The van der Waals surface area contributed by atoms with Gasteiger partial charge in [-0.1, -0.05) is 49.4 Å². The standard InChI is InChI=1S/C28H37N5O4/c1-3-14-29-19-25(34)30-15-12-20-8-4-5-9-21(20)13-16-31-26(35)28(2,33-27(36)37)17-22-18-32-24-11-7-6-10-23(22)24/h4-11,18,29,32-33H,3,12-17,19H2,1-2H3,(H,30,34)(H,31,35)(H,36,37). The summed E-state index contributed by atoms with van der Waals surface area (Å²) in [4.78, 5) is 39.8. The van der Waals surface area contributed by atoms with Gasteiger partial charge in [-0.25, -0.2) is 4.79 Å². The number of amides is 3. The van der Waals surface area contributed by atoms with Crippen LogP contribution in [0.4, 0.5) is 4.79 Å². The van der Waals surface area contributed by atoms with E-state index in [2.05, 4.69) is 33.2 Å². The minimum absolute atomic E-state index is 0.0291. The maximum atomic E-state index is 13.2. The first kappa shape index (κ1) is 27.7. The molecule has 9 heteroatoms. The van der Waals surface area contributed by atoms with E-state index in [9.17, 15) is 19.5 Å². The minimum atomic E-state index is -1.34. The molecular formula is C28H37N5O4. The lowest BCUT2D eigenvalue weighted by Gasteiger charge is -2.28. The summed E-state index contributed by atoms with van der Waals surface area (Å²) in [6.07, 6.45) is 3.01. The van der Waals surface area contributed by atoms with E-state index in [0.29, 0.717) is 32.5 Å². The number of benzene rings is 2. The molecule has 3 rings (SSSR count). The van der Waals surface area contributed by atoms with Crippen LogP contribution < -0.4 is 21.3 Å². The fourth-order valence-corrected chi connectivity index (χ4v) is 4.40. The number of rotatable bonds is 14. The zero-order valence-electron chi connectivity index (χ0n) is 21.5. The van der Waals surface area contributed by atoms with E-state index < -0.39 is 11.6 Å². The fourth-order valence-electron chi connectivity index (χ4n) is 4.40. The Balaban J connectivity index is 1.57. The lowest BCUT2D eigenvalue weighted by atomic mass is 9.91. The molecule has 0 aliphatic carbocycles. The Bertz CT molecular complexity index is 1210. The summed E-state index contributed by atoms with van der Waals surface area (Å²) in [5, 5.41) is 21.7. The molecule has 0 radical (unpaired) electrons. The van der Waals surface area contributed by atoms with Crippen molar-refractivity contribution in [3.63, 3.8) is 0 Å². The average molecular weight is 508 g/mol. The van der Waals surface area contributed by atoms with Gasteiger partial charge in [0, 0.05) is 36.6 Å². The zero-order chi connectivity index (χ0) is 26.7. The van der Waals surface area contributed by atoms with Crippen LogP contribution >= 0.6 is 0 Å². The Labute approximate surface area is 217 Å². The van der Waals surface area contributed by atoms with E-state index in [1.807, 2.05) is 54.7 Å². The summed E-state index contributed by atoms with van der Waals surface area (Å²) in [6, 6.07) is 15.6. The number of nitrogens with one attached hydrogen (secondary N) is 5. The third-order valence-corrected chi connectivity index (χ3v) is 6.33. The first-order valence-electron chi connectivity index (χ1n) is 12.7. The van der Waals surface area contributed by atoms with Crippen LogP contribution in [0, 0.1) is 0 Å². The van der Waals surface area contributed by atoms with Gasteiger partial charge in [-0.3, -0.25) is 9.59 Å². The molecule has 3 aromatic rings. The number of carbonyl (C=O) groups excluding carboxylic acids is 2. The van der Waals surface area contributed by atoms with Gasteiger partial charge in [0.2, 0.25) is 11.8 Å². The van der Waals surface area contributed by atoms with Crippen LogP contribution in [-0.4, -0.2) is 59.7 Å². The van der Waals surface area contributed by atoms with E-state index in [-0.39, 0.29) is 18.2 Å². The second-order valence-corrected chi connectivity index (χ2v) is 9.35. The summed E-state index contributed by atoms with van der Waals surface area (Å²) >= 11 is 0. The van der Waals surface area contributed by atoms with Crippen LogP contribution in [0.25, 0.3) is 10.9 Å². The molecule has 9 nitrogen and oxygen atoms in total. The Morgan fingerprint density at radius 1 is 0.892 bits per heavy atom.